The predicted molar refractivity (Wildman–Crippen MR) is 117 cm³/mol. The third-order valence-electron chi connectivity index (χ3n) is 4.62. The molecule has 2 N–H and O–H groups in total. The molecule has 0 aliphatic heterocycles. The Labute approximate surface area is 181 Å². The van der Waals surface area contributed by atoms with E-state index in [2.05, 4.69) is 0 Å². The minimum Gasteiger partial charge on any atom is -0.462 e. The van der Waals surface area contributed by atoms with Crippen molar-refractivity contribution in [3.8, 4) is 11.1 Å². The molecule has 0 unspecified atom stereocenters. The number of carbonyl (C=O) groups excluding carboxylic acids is 1. The van der Waals surface area contributed by atoms with Gasteiger partial charge in [0.2, 0.25) is 9.84 Å². The van der Waals surface area contributed by atoms with Crippen molar-refractivity contribution in [2.24, 2.45) is 5.73 Å². The number of rotatable bonds is 7. The normalized spacial score (nSPS) is 11.3. The van der Waals surface area contributed by atoms with Crippen LogP contribution in [0.1, 0.15) is 22.8 Å². The maximum absolute atomic E-state index is 12.9. The van der Waals surface area contributed by atoms with Crippen molar-refractivity contribution in [2.75, 3.05) is 13.2 Å². The average molecular weight is 444 g/mol. The Morgan fingerprint density at radius 3 is 2.17 bits per heavy atom. The first-order valence-corrected chi connectivity index (χ1v) is 11.3. The van der Waals surface area contributed by atoms with Gasteiger partial charge in [0.25, 0.3) is 0 Å². The number of hydrogen-bond donors (Lipinski definition) is 1. The number of ether oxygens (including phenoxy) is 1. The SMILES string of the molecule is CCOC(=O)c1ccc(-c2ccc(S(=O)(=O)c3ccc(CCN)cc3)cc2Cl)cc1. The highest BCUT2D eigenvalue weighted by Gasteiger charge is 2.19. The predicted octanol–water partition coefficient (Wildman–Crippen LogP) is 4.52. The molecule has 0 aliphatic carbocycles. The summed E-state index contributed by atoms with van der Waals surface area (Å²) in [5.41, 5.74) is 8.39. The van der Waals surface area contributed by atoms with Crippen molar-refractivity contribution in [1.82, 2.24) is 0 Å². The molecule has 5 nitrogen and oxygen atoms in total. The van der Waals surface area contributed by atoms with Crippen LogP contribution in [0.3, 0.4) is 0 Å². The van der Waals surface area contributed by atoms with Crippen molar-refractivity contribution in [2.45, 2.75) is 23.1 Å². The molecule has 3 aromatic carbocycles. The molecule has 3 rings (SSSR count). The minimum atomic E-state index is -3.69. The number of halogens is 1. The second kappa shape index (κ2) is 9.43. The Morgan fingerprint density at radius 1 is 0.967 bits per heavy atom. The zero-order valence-corrected chi connectivity index (χ0v) is 18.0. The topological polar surface area (TPSA) is 86.5 Å². The second-order valence-corrected chi connectivity index (χ2v) is 8.98. The molecule has 0 bridgehead atoms. The zero-order valence-electron chi connectivity index (χ0n) is 16.5. The molecule has 0 radical (unpaired) electrons. The lowest BCUT2D eigenvalue weighted by Crippen LogP contribution is -2.05. The third kappa shape index (κ3) is 4.73. The van der Waals surface area contributed by atoms with E-state index in [1.165, 1.54) is 12.1 Å². The molecule has 0 heterocycles. The smallest absolute Gasteiger partial charge is 0.338 e. The highest BCUT2D eigenvalue weighted by Crippen LogP contribution is 2.32. The summed E-state index contributed by atoms with van der Waals surface area (Å²) in [5.74, 6) is -0.394. The molecule has 0 aliphatic rings. The molecule has 0 fully saturated rings. The fraction of sp³-hybridized carbons (Fsp3) is 0.174. The van der Waals surface area contributed by atoms with Gasteiger partial charge in [0.05, 0.1) is 22.0 Å². The standard InChI is InChI=1S/C23H22ClNO4S/c1-2-29-23(26)18-7-5-17(6-8-18)21-12-11-20(15-22(21)24)30(27,28)19-9-3-16(4-10-19)13-14-25/h3-12,15H,2,13-14,25H2,1H3. The van der Waals surface area contributed by atoms with E-state index in [-0.39, 0.29) is 9.79 Å². The molecule has 0 spiro atoms. The maximum atomic E-state index is 12.9. The van der Waals surface area contributed by atoms with Gasteiger partial charge >= 0.3 is 5.97 Å². The molecule has 0 amide bonds. The molecule has 7 heteroatoms. The zero-order chi connectivity index (χ0) is 21.7. The first-order valence-electron chi connectivity index (χ1n) is 9.48. The lowest BCUT2D eigenvalue weighted by molar-refractivity contribution is 0.0526. The molecule has 0 atom stereocenters. The summed E-state index contributed by atoms with van der Waals surface area (Å²) < 4.78 is 30.9. The molecule has 3 aromatic rings. The van der Waals surface area contributed by atoms with Crippen LogP contribution in [0.2, 0.25) is 5.02 Å². The van der Waals surface area contributed by atoms with E-state index in [0.29, 0.717) is 35.7 Å². The lowest BCUT2D eigenvalue weighted by atomic mass is 10.0. The molecule has 0 saturated carbocycles. The van der Waals surface area contributed by atoms with E-state index in [9.17, 15) is 13.2 Å². The molecule has 156 valence electrons. The summed E-state index contributed by atoms with van der Waals surface area (Å²) >= 11 is 6.41. The van der Waals surface area contributed by atoms with Crippen molar-refractivity contribution in [3.63, 3.8) is 0 Å². The average Bonchev–Trinajstić information content (AvgIpc) is 2.74. The highest BCUT2D eigenvalue weighted by atomic mass is 35.5. The van der Waals surface area contributed by atoms with Gasteiger partial charge in [-0.3, -0.25) is 0 Å². The summed E-state index contributed by atoms with van der Waals surface area (Å²) in [5, 5.41) is 0.305. The number of carbonyl (C=O) groups is 1. The van der Waals surface area contributed by atoms with Gasteiger partial charge < -0.3 is 10.5 Å². The summed E-state index contributed by atoms with van der Waals surface area (Å²) in [6.07, 6.45) is 0.690. The van der Waals surface area contributed by atoms with E-state index in [1.54, 1.807) is 61.5 Å². The van der Waals surface area contributed by atoms with E-state index in [1.807, 2.05) is 0 Å². The quantitative estimate of drug-likeness (QED) is 0.542. The number of benzene rings is 3. The number of esters is 1. The van der Waals surface area contributed by atoms with Crippen molar-refractivity contribution >= 4 is 27.4 Å². The van der Waals surface area contributed by atoms with E-state index < -0.39 is 15.8 Å². The van der Waals surface area contributed by atoms with Crippen LogP contribution < -0.4 is 5.73 Å². The molecule has 0 saturated heterocycles. The van der Waals surface area contributed by atoms with E-state index in [4.69, 9.17) is 22.1 Å². The van der Waals surface area contributed by atoms with Crippen molar-refractivity contribution < 1.29 is 17.9 Å². The van der Waals surface area contributed by atoms with Gasteiger partial charge in [0.1, 0.15) is 0 Å². The van der Waals surface area contributed by atoms with Crippen LogP contribution >= 0.6 is 11.6 Å². The first kappa shape index (κ1) is 22.0. The molecule has 0 aromatic heterocycles. The fourth-order valence-corrected chi connectivity index (χ4v) is 4.68. The van der Waals surface area contributed by atoms with Gasteiger partial charge in [-0.25, -0.2) is 13.2 Å². The van der Waals surface area contributed by atoms with Gasteiger partial charge in [-0.05, 0) is 67.4 Å². The van der Waals surface area contributed by atoms with Crippen LogP contribution in [0.15, 0.2) is 76.5 Å². The number of nitrogens with two attached hydrogens (primary N) is 1. The summed E-state index contributed by atoms with van der Waals surface area (Å²) in [7, 11) is -3.69. The lowest BCUT2D eigenvalue weighted by Gasteiger charge is -2.10. The Balaban J connectivity index is 1.88. The molecular formula is C23H22ClNO4S. The van der Waals surface area contributed by atoms with Gasteiger partial charge in [-0.1, -0.05) is 41.9 Å². The van der Waals surface area contributed by atoms with Gasteiger partial charge in [0, 0.05) is 10.6 Å². The van der Waals surface area contributed by atoms with Crippen LogP contribution in [0.25, 0.3) is 11.1 Å². The fourth-order valence-electron chi connectivity index (χ4n) is 3.04. The molecular weight excluding hydrogens is 422 g/mol. The first-order chi connectivity index (χ1) is 14.4. The maximum Gasteiger partial charge on any atom is 0.338 e. The van der Waals surface area contributed by atoms with Crippen LogP contribution in [0.5, 0.6) is 0 Å². The minimum absolute atomic E-state index is 0.117. The van der Waals surface area contributed by atoms with Gasteiger partial charge in [-0.15, -0.1) is 0 Å². The van der Waals surface area contributed by atoms with Crippen molar-refractivity contribution in [3.05, 3.63) is 82.9 Å². The Bertz CT molecular complexity index is 1140. The molecule has 30 heavy (non-hydrogen) atoms. The number of hydrogen-bond acceptors (Lipinski definition) is 5. The van der Waals surface area contributed by atoms with Crippen LogP contribution in [0.4, 0.5) is 0 Å². The summed E-state index contributed by atoms with van der Waals surface area (Å²) in [6.45, 7) is 2.55. The van der Waals surface area contributed by atoms with Crippen LogP contribution in [0, 0.1) is 0 Å². The summed E-state index contributed by atoms with van der Waals surface area (Å²) in [6, 6.07) is 18.1. The Kier molecular flexibility index (Phi) is 6.92. The Morgan fingerprint density at radius 2 is 1.60 bits per heavy atom. The second-order valence-electron chi connectivity index (χ2n) is 6.63. The van der Waals surface area contributed by atoms with Gasteiger partial charge in [-0.2, -0.15) is 0 Å². The van der Waals surface area contributed by atoms with E-state index in [0.717, 1.165) is 11.1 Å². The monoisotopic (exact) mass is 443 g/mol. The van der Waals surface area contributed by atoms with Crippen molar-refractivity contribution in [1.29, 1.82) is 0 Å². The van der Waals surface area contributed by atoms with Crippen LogP contribution in [-0.2, 0) is 21.0 Å². The number of sulfone groups is 1. The Hall–Kier alpha value is -2.67. The largest absolute Gasteiger partial charge is 0.462 e. The van der Waals surface area contributed by atoms with E-state index >= 15 is 0 Å². The highest BCUT2D eigenvalue weighted by molar-refractivity contribution is 7.91. The third-order valence-corrected chi connectivity index (χ3v) is 6.70. The summed E-state index contributed by atoms with van der Waals surface area (Å²) in [4.78, 5) is 12.1. The van der Waals surface area contributed by atoms with Crippen LogP contribution in [-0.4, -0.2) is 27.5 Å². The van der Waals surface area contributed by atoms with Gasteiger partial charge in [0.15, 0.2) is 0 Å².